The van der Waals surface area contributed by atoms with Crippen LogP contribution in [0.25, 0.3) is 0 Å². The number of rotatable bonds is 6. The quantitative estimate of drug-likeness (QED) is 0.171. The Kier molecular flexibility index (Phi) is 5.85. The molecule has 0 unspecified atom stereocenters. The van der Waals surface area contributed by atoms with Gasteiger partial charge in [-0.2, -0.15) is 0 Å². The second kappa shape index (κ2) is 8.48. The normalized spacial score (nSPS) is 11.1. The molecule has 0 saturated carbocycles. The molecule has 0 fully saturated rings. The number of para-hydroxylation sites is 1. The van der Waals surface area contributed by atoms with Crippen molar-refractivity contribution in [2.24, 2.45) is 16.7 Å². The highest BCUT2D eigenvalue weighted by Crippen LogP contribution is 2.28. The smallest absolute Gasteiger partial charge is 0.154 e. The highest BCUT2D eigenvalue weighted by molar-refractivity contribution is 7.80. The molecule has 3 aromatic rings. The van der Waals surface area contributed by atoms with Crippen LogP contribution in [-0.4, -0.2) is 18.0 Å². The summed E-state index contributed by atoms with van der Waals surface area (Å²) in [5.41, 5.74) is 8.42. The molecule has 5 N–H and O–H groups in total. The van der Waals surface area contributed by atoms with Crippen molar-refractivity contribution in [1.29, 1.82) is 0 Å². The summed E-state index contributed by atoms with van der Waals surface area (Å²) in [4.78, 5) is 0.773. The van der Waals surface area contributed by atoms with Crippen LogP contribution in [0.2, 0.25) is 0 Å². The van der Waals surface area contributed by atoms with Crippen LogP contribution in [0.15, 0.2) is 82.8 Å². The number of amidine groups is 1. The molecule has 0 bridgehead atoms. The van der Waals surface area contributed by atoms with Crippen molar-refractivity contribution in [3.63, 3.8) is 0 Å². The second-order valence-electron chi connectivity index (χ2n) is 5.86. The Morgan fingerprint density at radius 2 is 1.74 bits per heavy atom. The number of anilines is 2. The molecular weight excluding hydrogens is 358 g/mol. The monoisotopic (exact) mass is 379 g/mol. The van der Waals surface area contributed by atoms with Crippen molar-refractivity contribution in [1.82, 2.24) is 5.12 Å². The van der Waals surface area contributed by atoms with Gasteiger partial charge in [0.15, 0.2) is 5.84 Å². The summed E-state index contributed by atoms with van der Waals surface area (Å²) in [5.74, 6) is 7.36. The number of nitrogens with two attached hydrogens (primary N) is 2. The summed E-state index contributed by atoms with van der Waals surface area (Å²) in [6.45, 7) is 0. The van der Waals surface area contributed by atoms with Crippen LogP contribution in [0.1, 0.15) is 5.56 Å². The van der Waals surface area contributed by atoms with Crippen molar-refractivity contribution >= 4 is 29.8 Å². The predicted molar refractivity (Wildman–Crippen MR) is 113 cm³/mol. The first-order valence-corrected chi connectivity index (χ1v) is 8.72. The van der Waals surface area contributed by atoms with Crippen LogP contribution >= 0.6 is 12.6 Å². The van der Waals surface area contributed by atoms with Gasteiger partial charge in [0.1, 0.15) is 11.5 Å². The number of hydrogen-bond donors (Lipinski definition) is 4. The zero-order valence-electron chi connectivity index (χ0n) is 14.8. The molecule has 3 aromatic carbocycles. The molecular formula is C20H21N5OS. The van der Waals surface area contributed by atoms with E-state index in [1.54, 1.807) is 7.05 Å². The van der Waals surface area contributed by atoms with E-state index in [-0.39, 0.29) is 5.84 Å². The Morgan fingerprint density at radius 3 is 2.48 bits per heavy atom. The van der Waals surface area contributed by atoms with Crippen molar-refractivity contribution in [2.75, 3.05) is 12.4 Å². The van der Waals surface area contributed by atoms with Crippen molar-refractivity contribution in [3.8, 4) is 11.5 Å². The molecule has 3 rings (SSSR count). The Morgan fingerprint density at radius 1 is 1.00 bits per heavy atom. The lowest BCUT2D eigenvalue weighted by atomic mass is 10.1. The first kappa shape index (κ1) is 18.6. The molecule has 0 spiro atoms. The zero-order valence-corrected chi connectivity index (χ0v) is 15.7. The van der Waals surface area contributed by atoms with Gasteiger partial charge in [-0.3, -0.25) is 0 Å². The second-order valence-corrected chi connectivity index (χ2v) is 6.37. The summed E-state index contributed by atoms with van der Waals surface area (Å²) >= 11 is 4.38. The molecule has 0 aromatic heterocycles. The van der Waals surface area contributed by atoms with Crippen LogP contribution < -0.4 is 21.6 Å². The third kappa shape index (κ3) is 5.16. The van der Waals surface area contributed by atoms with Crippen LogP contribution in [0.3, 0.4) is 0 Å². The molecule has 0 radical (unpaired) electrons. The SMILES string of the molecule is CN(N)/N=C(\N)c1cc(S)ccc1Nc1cccc(Oc2ccccc2)c1. The van der Waals surface area contributed by atoms with Crippen LogP contribution in [-0.2, 0) is 0 Å². The average molecular weight is 379 g/mol. The van der Waals surface area contributed by atoms with Gasteiger partial charge >= 0.3 is 0 Å². The van der Waals surface area contributed by atoms with Gasteiger partial charge in [-0.25, -0.2) is 11.0 Å². The fourth-order valence-electron chi connectivity index (χ4n) is 2.49. The minimum Gasteiger partial charge on any atom is -0.457 e. The maximum atomic E-state index is 6.08. The molecule has 0 amide bonds. The number of hydrogen-bond acceptors (Lipinski definition) is 6. The molecule has 7 heteroatoms. The lowest BCUT2D eigenvalue weighted by molar-refractivity contribution is 0.371. The van der Waals surface area contributed by atoms with Crippen molar-refractivity contribution in [2.45, 2.75) is 4.90 Å². The van der Waals surface area contributed by atoms with Gasteiger partial charge in [0, 0.05) is 34.9 Å². The maximum absolute atomic E-state index is 6.08. The standard InChI is InChI=1S/C20H21N5OS/c1-25(22)24-20(21)18-13-17(27)10-11-19(18)23-14-6-5-9-16(12-14)26-15-7-3-2-4-8-15/h2-13,23,27H,22H2,1H3,(H2,21,24). The molecule has 0 aliphatic heterocycles. The lowest BCUT2D eigenvalue weighted by Crippen LogP contribution is -2.26. The number of benzene rings is 3. The summed E-state index contributed by atoms with van der Waals surface area (Å²) in [6.07, 6.45) is 0. The number of hydrazone groups is 1. The highest BCUT2D eigenvalue weighted by atomic mass is 32.1. The molecule has 0 heterocycles. The van der Waals surface area contributed by atoms with Gasteiger partial charge < -0.3 is 15.8 Å². The predicted octanol–water partition coefficient (Wildman–Crippen LogP) is 3.94. The van der Waals surface area contributed by atoms with Gasteiger partial charge in [0.05, 0.1) is 0 Å². The number of ether oxygens (including phenoxy) is 1. The van der Waals surface area contributed by atoms with Gasteiger partial charge in [0.25, 0.3) is 0 Å². The van der Waals surface area contributed by atoms with E-state index in [1.165, 1.54) is 5.12 Å². The Bertz CT molecular complexity index is 944. The van der Waals surface area contributed by atoms with E-state index >= 15 is 0 Å². The zero-order chi connectivity index (χ0) is 19.2. The van der Waals surface area contributed by atoms with Gasteiger partial charge in [-0.05, 0) is 42.5 Å². The van der Waals surface area contributed by atoms with E-state index in [0.717, 1.165) is 27.8 Å². The van der Waals surface area contributed by atoms with Gasteiger partial charge in [-0.1, -0.05) is 24.3 Å². The lowest BCUT2D eigenvalue weighted by Gasteiger charge is -2.15. The largest absolute Gasteiger partial charge is 0.457 e. The number of nitrogens with zero attached hydrogens (tertiary/aromatic N) is 2. The van der Waals surface area contributed by atoms with Crippen LogP contribution in [0.4, 0.5) is 11.4 Å². The van der Waals surface area contributed by atoms with Crippen LogP contribution in [0, 0.1) is 0 Å². The van der Waals surface area contributed by atoms with Crippen molar-refractivity contribution < 1.29 is 4.74 Å². The Hall–Kier alpha value is -3.16. The molecule has 0 aliphatic carbocycles. The van der Waals surface area contributed by atoms with E-state index in [9.17, 15) is 0 Å². The fourth-order valence-corrected chi connectivity index (χ4v) is 2.70. The number of thiol groups is 1. The summed E-state index contributed by atoms with van der Waals surface area (Å²) in [6, 6.07) is 22.9. The minimum atomic E-state index is 0.287. The van der Waals surface area contributed by atoms with E-state index in [1.807, 2.05) is 72.8 Å². The van der Waals surface area contributed by atoms with E-state index in [4.69, 9.17) is 16.3 Å². The number of hydrazine groups is 1. The maximum Gasteiger partial charge on any atom is 0.154 e. The van der Waals surface area contributed by atoms with E-state index in [0.29, 0.717) is 5.56 Å². The Balaban J connectivity index is 1.86. The molecule has 27 heavy (non-hydrogen) atoms. The minimum absolute atomic E-state index is 0.287. The van der Waals surface area contributed by atoms with E-state index < -0.39 is 0 Å². The average Bonchev–Trinajstić information content (AvgIpc) is 2.64. The first-order valence-electron chi connectivity index (χ1n) is 8.27. The molecule has 6 nitrogen and oxygen atoms in total. The van der Waals surface area contributed by atoms with E-state index in [2.05, 4.69) is 23.0 Å². The summed E-state index contributed by atoms with van der Waals surface area (Å²) < 4.78 is 5.88. The molecule has 138 valence electrons. The molecule has 0 saturated heterocycles. The molecule has 0 atom stereocenters. The third-order valence-electron chi connectivity index (χ3n) is 3.64. The first-order chi connectivity index (χ1) is 13.0. The molecule has 0 aliphatic rings. The Labute approximate surface area is 163 Å². The summed E-state index contributed by atoms with van der Waals surface area (Å²) in [5, 5.41) is 8.58. The topological polar surface area (TPSA) is 88.9 Å². The summed E-state index contributed by atoms with van der Waals surface area (Å²) in [7, 11) is 1.61. The van der Waals surface area contributed by atoms with Crippen LogP contribution in [0.5, 0.6) is 11.5 Å². The third-order valence-corrected chi connectivity index (χ3v) is 3.91. The van der Waals surface area contributed by atoms with Gasteiger partial charge in [0.2, 0.25) is 0 Å². The fraction of sp³-hybridized carbons (Fsp3) is 0.0500. The van der Waals surface area contributed by atoms with Crippen molar-refractivity contribution in [3.05, 3.63) is 78.4 Å². The number of nitrogens with one attached hydrogen (secondary N) is 1. The van der Waals surface area contributed by atoms with Gasteiger partial charge in [-0.15, -0.1) is 17.7 Å². The highest BCUT2D eigenvalue weighted by Gasteiger charge is 2.09.